The molecule has 1 aliphatic rings. The van der Waals surface area contributed by atoms with E-state index in [9.17, 15) is 9.59 Å². The number of benzene rings is 2. The summed E-state index contributed by atoms with van der Waals surface area (Å²) in [6.07, 6.45) is 3.84. The second-order valence-corrected chi connectivity index (χ2v) is 6.57. The van der Waals surface area contributed by atoms with E-state index in [1.165, 1.54) is 0 Å². The Labute approximate surface area is 148 Å². The van der Waals surface area contributed by atoms with Crippen LogP contribution in [0.15, 0.2) is 54.6 Å². The lowest BCUT2D eigenvalue weighted by atomic mass is 10.0. The molecule has 0 heterocycles. The standard InChI is InChI=1S/C21H24N2O2/c1-2-6-19(15-7-4-3-5-8-15)23-21(25)17-11-13-18(14-12-17)22-20(24)16-9-10-16/h3-5,7-8,11-14,16,19H,2,6,9-10H2,1H3,(H,22,24)(H,23,25)/t19-/m1/s1. The zero-order chi connectivity index (χ0) is 17.6. The maximum atomic E-state index is 12.6. The predicted octanol–water partition coefficient (Wildman–Crippen LogP) is 4.31. The van der Waals surface area contributed by atoms with E-state index in [1.807, 2.05) is 30.3 Å². The van der Waals surface area contributed by atoms with Gasteiger partial charge in [-0.15, -0.1) is 0 Å². The molecule has 1 fully saturated rings. The topological polar surface area (TPSA) is 58.2 Å². The van der Waals surface area contributed by atoms with Crippen LogP contribution in [0, 0.1) is 5.92 Å². The van der Waals surface area contributed by atoms with Crippen LogP contribution in [-0.4, -0.2) is 11.8 Å². The Morgan fingerprint density at radius 2 is 1.72 bits per heavy atom. The molecule has 3 rings (SSSR count). The monoisotopic (exact) mass is 336 g/mol. The molecule has 4 nitrogen and oxygen atoms in total. The van der Waals surface area contributed by atoms with Crippen molar-refractivity contribution in [1.29, 1.82) is 0 Å². The zero-order valence-electron chi connectivity index (χ0n) is 14.5. The van der Waals surface area contributed by atoms with Crippen molar-refractivity contribution in [3.63, 3.8) is 0 Å². The molecule has 1 atom stereocenters. The lowest BCUT2D eigenvalue weighted by Gasteiger charge is -2.19. The zero-order valence-corrected chi connectivity index (χ0v) is 14.5. The first kappa shape index (κ1) is 17.2. The number of carbonyl (C=O) groups is 2. The molecule has 0 aliphatic heterocycles. The smallest absolute Gasteiger partial charge is 0.251 e. The normalized spacial score (nSPS) is 14.6. The molecule has 2 N–H and O–H groups in total. The molecule has 2 aromatic rings. The highest BCUT2D eigenvalue weighted by Crippen LogP contribution is 2.30. The average Bonchev–Trinajstić information content (AvgIpc) is 3.48. The molecule has 0 bridgehead atoms. The molecule has 1 saturated carbocycles. The summed E-state index contributed by atoms with van der Waals surface area (Å²) in [5.74, 6) is 0.148. The summed E-state index contributed by atoms with van der Waals surface area (Å²) in [7, 11) is 0. The van der Waals surface area contributed by atoms with Gasteiger partial charge in [0.15, 0.2) is 0 Å². The van der Waals surface area contributed by atoms with Crippen molar-refractivity contribution in [2.75, 3.05) is 5.32 Å². The van der Waals surface area contributed by atoms with E-state index >= 15 is 0 Å². The van der Waals surface area contributed by atoms with Gasteiger partial charge in [-0.25, -0.2) is 0 Å². The van der Waals surface area contributed by atoms with Crippen molar-refractivity contribution in [2.24, 2.45) is 5.92 Å². The molecular formula is C21H24N2O2. The lowest BCUT2D eigenvalue weighted by Crippen LogP contribution is -2.28. The third-order valence-corrected chi connectivity index (χ3v) is 4.45. The molecule has 130 valence electrons. The molecule has 2 amide bonds. The molecule has 0 saturated heterocycles. The molecule has 4 heteroatoms. The van der Waals surface area contributed by atoms with Gasteiger partial charge in [0.2, 0.25) is 5.91 Å². The fourth-order valence-electron chi connectivity index (χ4n) is 2.83. The van der Waals surface area contributed by atoms with Crippen molar-refractivity contribution in [2.45, 2.75) is 38.6 Å². The SMILES string of the molecule is CCC[C@@H](NC(=O)c1ccc(NC(=O)C2CC2)cc1)c1ccccc1. The maximum Gasteiger partial charge on any atom is 0.251 e. The number of nitrogens with one attached hydrogen (secondary N) is 2. The quantitative estimate of drug-likeness (QED) is 0.792. The maximum absolute atomic E-state index is 12.6. The molecule has 25 heavy (non-hydrogen) atoms. The van der Waals surface area contributed by atoms with E-state index in [-0.39, 0.29) is 23.8 Å². The van der Waals surface area contributed by atoms with Crippen LogP contribution in [0.3, 0.4) is 0 Å². The van der Waals surface area contributed by atoms with Gasteiger partial charge in [0.25, 0.3) is 5.91 Å². The van der Waals surface area contributed by atoms with E-state index in [1.54, 1.807) is 24.3 Å². The van der Waals surface area contributed by atoms with Gasteiger partial charge in [-0.3, -0.25) is 9.59 Å². The molecular weight excluding hydrogens is 312 g/mol. The summed E-state index contributed by atoms with van der Waals surface area (Å²) >= 11 is 0. The molecule has 0 radical (unpaired) electrons. The van der Waals surface area contributed by atoms with Crippen LogP contribution < -0.4 is 10.6 Å². The fourth-order valence-corrected chi connectivity index (χ4v) is 2.83. The van der Waals surface area contributed by atoms with E-state index in [2.05, 4.69) is 17.6 Å². The number of hydrogen-bond donors (Lipinski definition) is 2. The Bertz CT molecular complexity index is 721. The van der Waals surface area contributed by atoms with Crippen LogP contribution in [-0.2, 0) is 4.79 Å². The van der Waals surface area contributed by atoms with Crippen molar-refractivity contribution >= 4 is 17.5 Å². The molecule has 0 unspecified atom stereocenters. The van der Waals surface area contributed by atoms with Crippen LogP contribution in [0.5, 0.6) is 0 Å². The van der Waals surface area contributed by atoms with E-state index in [4.69, 9.17) is 0 Å². The largest absolute Gasteiger partial charge is 0.345 e. The molecule has 1 aliphatic carbocycles. The first-order chi connectivity index (χ1) is 12.2. The lowest BCUT2D eigenvalue weighted by molar-refractivity contribution is -0.117. The molecule has 2 aromatic carbocycles. The number of rotatable bonds is 7. The summed E-state index contributed by atoms with van der Waals surface area (Å²) in [4.78, 5) is 24.3. The van der Waals surface area contributed by atoms with Gasteiger partial charge < -0.3 is 10.6 Å². The van der Waals surface area contributed by atoms with Crippen LogP contribution in [0.2, 0.25) is 0 Å². The number of carbonyl (C=O) groups excluding carboxylic acids is 2. The summed E-state index contributed by atoms with van der Waals surface area (Å²) < 4.78 is 0. The summed E-state index contributed by atoms with van der Waals surface area (Å²) in [6.45, 7) is 2.11. The Hall–Kier alpha value is -2.62. The van der Waals surface area contributed by atoms with E-state index < -0.39 is 0 Å². The van der Waals surface area contributed by atoms with Gasteiger partial charge in [-0.2, -0.15) is 0 Å². The summed E-state index contributed by atoms with van der Waals surface area (Å²) in [5.41, 5.74) is 2.45. The highest BCUT2D eigenvalue weighted by atomic mass is 16.2. The Morgan fingerprint density at radius 3 is 2.32 bits per heavy atom. The predicted molar refractivity (Wildman–Crippen MR) is 99.4 cm³/mol. The van der Waals surface area contributed by atoms with Crippen LogP contribution in [0.4, 0.5) is 5.69 Å². The van der Waals surface area contributed by atoms with Gasteiger partial charge in [-0.1, -0.05) is 43.7 Å². The number of amides is 2. The Balaban J connectivity index is 1.64. The highest BCUT2D eigenvalue weighted by Gasteiger charge is 2.29. The van der Waals surface area contributed by atoms with Crippen molar-refractivity contribution in [1.82, 2.24) is 5.32 Å². The minimum absolute atomic E-state index is 0.00736. The van der Waals surface area contributed by atoms with Gasteiger partial charge in [0, 0.05) is 17.2 Å². The van der Waals surface area contributed by atoms with Gasteiger partial charge in [0.1, 0.15) is 0 Å². The minimum atomic E-state index is -0.0950. The number of hydrogen-bond acceptors (Lipinski definition) is 2. The van der Waals surface area contributed by atoms with Gasteiger partial charge in [0.05, 0.1) is 6.04 Å². The first-order valence-corrected chi connectivity index (χ1v) is 8.94. The second kappa shape index (κ2) is 7.97. The van der Waals surface area contributed by atoms with Crippen LogP contribution in [0.1, 0.15) is 54.6 Å². The fraction of sp³-hybridized carbons (Fsp3) is 0.333. The van der Waals surface area contributed by atoms with Crippen LogP contribution >= 0.6 is 0 Å². The second-order valence-electron chi connectivity index (χ2n) is 6.57. The van der Waals surface area contributed by atoms with Crippen molar-refractivity contribution < 1.29 is 9.59 Å². The van der Waals surface area contributed by atoms with E-state index in [0.29, 0.717) is 5.56 Å². The molecule has 0 spiro atoms. The summed E-state index contributed by atoms with van der Waals surface area (Å²) in [6, 6.07) is 17.1. The van der Waals surface area contributed by atoms with Crippen molar-refractivity contribution in [3.8, 4) is 0 Å². The highest BCUT2D eigenvalue weighted by molar-refractivity contribution is 5.97. The summed E-state index contributed by atoms with van der Waals surface area (Å²) in [5, 5.41) is 6.00. The molecule has 0 aromatic heterocycles. The number of anilines is 1. The van der Waals surface area contributed by atoms with E-state index in [0.717, 1.165) is 36.9 Å². The van der Waals surface area contributed by atoms with Crippen LogP contribution in [0.25, 0.3) is 0 Å². The Morgan fingerprint density at radius 1 is 1.04 bits per heavy atom. The third-order valence-electron chi connectivity index (χ3n) is 4.45. The first-order valence-electron chi connectivity index (χ1n) is 8.94. The van der Waals surface area contributed by atoms with Gasteiger partial charge in [-0.05, 0) is 49.1 Å². The van der Waals surface area contributed by atoms with Gasteiger partial charge >= 0.3 is 0 Å². The minimum Gasteiger partial charge on any atom is -0.345 e. The average molecular weight is 336 g/mol. The third kappa shape index (κ3) is 4.69. The Kier molecular flexibility index (Phi) is 5.49. The van der Waals surface area contributed by atoms with Crippen molar-refractivity contribution in [3.05, 3.63) is 65.7 Å².